The Bertz CT molecular complexity index is 660. The van der Waals surface area contributed by atoms with Crippen LogP contribution in [0.15, 0.2) is 30.3 Å². The average molecular weight is 448 g/mol. The third-order valence-electron chi connectivity index (χ3n) is 6.24. The van der Waals surface area contributed by atoms with E-state index in [4.69, 9.17) is 10.8 Å². The minimum Gasteiger partial charge on any atom is -0.481 e. The lowest BCUT2D eigenvalue weighted by Gasteiger charge is -2.45. The van der Waals surface area contributed by atoms with Crippen molar-refractivity contribution in [3.63, 3.8) is 0 Å². The Balaban J connectivity index is 0.000000633. The monoisotopic (exact) mass is 447 g/mol. The summed E-state index contributed by atoms with van der Waals surface area (Å²) in [5.74, 6) is -0.117. The predicted molar refractivity (Wildman–Crippen MR) is 132 cm³/mol. The Hall–Kier alpha value is -1.92. The Kier molecular flexibility index (Phi) is 12.5. The lowest BCUT2D eigenvalue weighted by Crippen LogP contribution is -2.52. The number of carboxylic acids is 1. The van der Waals surface area contributed by atoms with Gasteiger partial charge in [-0.15, -0.1) is 0 Å². The lowest BCUT2D eigenvalue weighted by molar-refractivity contribution is -0.137. The Morgan fingerprint density at radius 1 is 1.12 bits per heavy atom. The van der Waals surface area contributed by atoms with E-state index in [2.05, 4.69) is 62.4 Å². The van der Waals surface area contributed by atoms with Gasteiger partial charge >= 0.3 is 5.97 Å². The molecule has 1 aromatic rings. The van der Waals surface area contributed by atoms with Crippen molar-refractivity contribution < 1.29 is 14.7 Å². The van der Waals surface area contributed by atoms with Crippen LogP contribution in [0.4, 0.5) is 0 Å². The first-order chi connectivity index (χ1) is 15.0. The molecule has 0 aromatic heterocycles. The normalized spacial score (nSPS) is 21.6. The largest absolute Gasteiger partial charge is 0.481 e. The number of nitrogens with two attached hydrogens (primary N) is 1. The molecular formula is C26H45N3O3. The van der Waals surface area contributed by atoms with Crippen LogP contribution >= 0.6 is 0 Å². The zero-order chi connectivity index (χ0) is 24.1. The van der Waals surface area contributed by atoms with Gasteiger partial charge < -0.3 is 21.1 Å². The molecule has 0 bridgehead atoms. The van der Waals surface area contributed by atoms with E-state index >= 15 is 0 Å². The molecule has 2 rings (SSSR count). The van der Waals surface area contributed by atoms with Crippen molar-refractivity contribution in [2.24, 2.45) is 11.7 Å². The molecule has 4 N–H and O–H groups in total. The predicted octanol–water partition coefficient (Wildman–Crippen LogP) is 4.22. The highest BCUT2D eigenvalue weighted by Gasteiger charge is 2.37. The summed E-state index contributed by atoms with van der Waals surface area (Å²) >= 11 is 0. The van der Waals surface area contributed by atoms with Crippen molar-refractivity contribution in [1.82, 2.24) is 10.2 Å². The molecule has 1 aliphatic rings. The summed E-state index contributed by atoms with van der Waals surface area (Å²) in [5.41, 5.74) is 6.99. The molecular weight excluding hydrogens is 402 g/mol. The van der Waals surface area contributed by atoms with E-state index in [9.17, 15) is 9.59 Å². The molecule has 1 fully saturated rings. The first-order valence-electron chi connectivity index (χ1n) is 12.0. The third-order valence-corrected chi connectivity index (χ3v) is 6.24. The van der Waals surface area contributed by atoms with Gasteiger partial charge in [-0.2, -0.15) is 0 Å². The van der Waals surface area contributed by atoms with Gasteiger partial charge in [-0.1, -0.05) is 44.2 Å². The number of carbonyl (C=O) groups excluding carboxylic acids is 1. The lowest BCUT2D eigenvalue weighted by atomic mass is 9.75. The van der Waals surface area contributed by atoms with Crippen LogP contribution in [0.3, 0.4) is 0 Å². The number of carboxylic acid groups (broad SMARTS) is 1. The number of amides is 1. The molecule has 32 heavy (non-hydrogen) atoms. The Morgan fingerprint density at radius 3 is 2.16 bits per heavy atom. The van der Waals surface area contributed by atoms with E-state index in [0.717, 1.165) is 44.4 Å². The van der Waals surface area contributed by atoms with Crippen LogP contribution in [0, 0.1) is 5.92 Å². The van der Waals surface area contributed by atoms with Gasteiger partial charge in [0.15, 0.2) is 0 Å². The van der Waals surface area contributed by atoms with Gasteiger partial charge in [-0.25, -0.2) is 0 Å². The van der Waals surface area contributed by atoms with Crippen LogP contribution in [0.25, 0.3) is 0 Å². The summed E-state index contributed by atoms with van der Waals surface area (Å²) in [5, 5.41) is 11.7. The summed E-state index contributed by atoms with van der Waals surface area (Å²) in [4.78, 5) is 24.8. The standard InChI is InChI=1S/C20H30N2O3.C6H15N/c1-22(2)20(15-16-7-4-3-5-8-16)13-11-17(12-14-20)21-18(23)9-6-10-19(24)25;1-5(2)4-6(3)7/h3-5,7-8,17H,6,9-15H2,1-2H3,(H,21,23)(H,24,25);5-6H,4,7H2,1-3H3. The summed E-state index contributed by atoms with van der Waals surface area (Å²) in [6.45, 7) is 6.41. The number of hydrogen-bond acceptors (Lipinski definition) is 4. The van der Waals surface area contributed by atoms with E-state index in [0.29, 0.717) is 18.9 Å². The van der Waals surface area contributed by atoms with Crippen LogP contribution in [-0.2, 0) is 16.0 Å². The summed E-state index contributed by atoms with van der Waals surface area (Å²) in [7, 11) is 4.29. The van der Waals surface area contributed by atoms with E-state index in [1.54, 1.807) is 0 Å². The number of rotatable bonds is 10. The number of carbonyl (C=O) groups is 2. The minimum absolute atomic E-state index is 0.0216. The highest BCUT2D eigenvalue weighted by molar-refractivity contribution is 5.77. The quantitative estimate of drug-likeness (QED) is 0.499. The summed E-state index contributed by atoms with van der Waals surface area (Å²) in [6, 6.07) is 11.2. The molecule has 182 valence electrons. The maximum Gasteiger partial charge on any atom is 0.303 e. The molecule has 6 nitrogen and oxygen atoms in total. The first kappa shape index (κ1) is 28.1. The van der Waals surface area contributed by atoms with Crippen molar-refractivity contribution in [3.05, 3.63) is 35.9 Å². The molecule has 1 amide bonds. The molecule has 0 spiro atoms. The van der Waals surface area contributed by atoms with E-state index in [-0.39, 0.29) is 23.9 Å². The fourth-order valence-corrected chi connectivity index (χ4v) is 4.50. The van der Waals surface area contributed by atoms with Gasteiger partial charge in [-0.3, -0.25) is 9.59 Å². The molecule has 1 saturated carbocycles. The van der Waals surface area contributed by atoms with Gasteiger partial charge in [0.2, 0.25) is 5.91 Å². The average Bonchev–Trinajstić information content (AvgIpc) is 2.69. The van der Waals surface area contributed by atoms with Crippen LogP contribution in [0.2, 0.25) is 0 Å². The number of benzene rings is 1. The Labute approximate surface area is 194 Å². The van der Waals surface area contributed by atoms with Gasteiger partial charge in [0.25, 0.3) is 0 Å². The minimum atomic E-state index is -0.845. The first-order valence-corrected chi connectivity index (χ1v) is 12.0. The molecule has 0 aliphatic heterocycles. The fraction of sp³-hybridized carbons (Fsp3) is 0.692. The number of nitrogens with zero attached hydrogens (tertiary/aromatic N) is 1. The van der Waals surface area contributed by atoms with Crippen LogP contribution in [-0.4, -0.2) is 53.6 Å². The van der Waals surface area contributed by atoms with Crippen molar-refractivity contribution in [1.29, 1.82) is 0 Å². The SMILES string of the molecule is CC(C)CC(C)N.CN(C)C1(Cc2ccccc2)CCC(NC(=O)CCCC(=O)O)CC1. The number of likely N-dealkylation sites (N-methyl/N-ethyl adjacent to an activating group) is 1. The highest BCUT2D eigenvalue weighted by atomic mass is 16.4. The highest BCUT2D eigenvalue weighted by Crippen LogP contribution is 2.35. The van der Waals surface area contributed by atoms with E-state index in [1.165, 1.54) is 5.56 Å². The maximum atomic E-state index is 12.0. The fourth-order valence-electron chi connectivity index (χ4n) is 4.50. The second-order valence-electron chi connectivity index (χ2n) is 9.98. The summed E-state index contributed by atoms with van der Waals surface area (Å²) < 4.78 is 0. The number of aliphatic carboxylic acids is 1. The van der Waals surface area contributed by atoms with Gasteiger partial charge in [0, 0.05) is 30.5 Å². The second-order valence-corrected chi connectivity index (χ2v) is 9.98. The third kappa shape index (κ3) is 11.1. The molecule has 6 heteroatoms. The molecule has 0 saturated heterocycles. The molecule has 1 aliphatic carbocycles. The molecule has 1 unspecified atom stereocenters. The smallest absolute Gasteiger partial charge is 0.303 e. The zero-order valence-electron chi connectivity index (χ0n) is 20.8. The van der Waals surface area contributed by atoms with Crippen molar-refractivity contribution >= 4 is 11.9 Å². The topological polar surface area (TPSA) is 95.7 Å². The molecule has 1 atom stereocenters. The number of hydrogen-bond donors (Lipinski definition) is 3. The van der Waals surface area contributed by atoms with Crippen molar-refractivity contribution in [2.75, 3.05) is 14.1 Å². The van der Waals surface area contributed by atoms with Gasteiger partial charge in [0.05, 0.1) is 0 Å². The second kappa shape index (κ2) is 14.3. The summed E-state index contributed by atoms with van der Waals surface area (Å²) in [6.07, 6.45) is 6.96. The van der Waals surface area contributed by atoms with Crippen LogP contribution < -0.4 is 11.1 Å². The van der Waals surface area contributed by atoms with Crippen molar-refractivity contribution in [3.8, 4) is 0 Å². The van der Waals surface area contributed by atoms with E-state index < -0.39 is 5.97 Å². The van der Waals surface area contributed by atoms with E-state index in [1.807, 2.05) is 13.0 Å². The molecule has 0 heterocycles. The van der Waals surface area contributed by atoms with Crippen LogP contribution in [0.5, 0.6) is 0 Å². The Morgan fingerprint density at radius 2 is 1.72 bits per heavy atom. The molecule has 1 aromatic carbocycles. The van der Waals surface area contributed by atoms with Crippen molar-refractivity contribution in [2.45, 2.75) is 96.2 Å². The zero-order valence-corrected chi connectivity index (χ0v) is 20.8. The maximum absolute atomic E-state index is 12.0. The van der Waals surface area contributed by atoms with Gasteiger partial charge in [0.1, 0.15) is 0 Å². The van der Waals surface area contributed by atoms with Crippen LogP contribution in [0.1, 0.15) is 77.7 Å². The van der Waals surface area contributed by atoms with Gasteiger partial charge in [-0.05, 0) is 77.4 Å². The molecule has 0 radical (unpaired) electrons. The number of nitrogens with one attached hydrogen (secondary N) is 1.